The van der Waals surface area contributed by atoms with Gasteiger partial charge in [0.2, 0.25) is 0 Å². The summed E-state index contributed by atoms with van der Waals surface area (Å²) in [5.74, 6) is -1.03. The van der Waals surface area contributed by atoms with E-state index in [4.69, 9.17) is 0 Å². The van der Waals surface area contributed by atoms with Crippen LogP contribution in [0.15, 0.2) is 23.8 Å². The maximum atomic E-state index is 13.4. The summed E-state index contributed by atoms with van der Waals surface area (Å²) in [6, 6.07) is 3.77. The van der Waals surface area contributed by atoms with E-state index in [0.717, 1.165) is 24.5 Å². The lowest BCUT2D eigenvalue weighted by Gasteiger charge is -2.27. The van der Waals surface area contributed by atoms with E-state index in [1.165, 1.54) is 17.7 Å². The Morgan fingerprint density at radius 1 is 0.944 bits per heavy atom. The molecule has 0 radical (unpaired) electrons. The van der Waals surface area contributed by atoms with Gasteiger partial charge in [-0.2, -0.15) is 0 Å². The molecule has 0 N–H and O–H groups in total. The first-order valence-corrected chi connectivity index (χ1v) is 6.48. The Morgan fingerprint density at radius 2 is 1.39 bits per heavy atom. The van der Waals surface area contributed by atoms with Crippen molar-refractivity contribution in [2.24, 2.45) is 5.41 Å². The molecule has 0 spiro atoms. The fourth-order valence-corrected chi connectivity index (χ4v) is 2.47. The maximum absolute atomic E-state index is 13.4. The summed E-state index contributed by atoms with van der Waals surface area (Å²) in [7, 11) is 0. The maximum Gasteiger partial charge on any atom is 0.126 e. The van der Waals surface area contributed by atoms with Crippen LogP contribution in [0.5, 0.6) is 0 Å². The molecule has 0 saturated heterocycles. The second kappa shape index (κ2) is 5.64. The Hall–Kier alpha value is -1.18. The van der Waals surface area contributed by atoms with Gasteiger partial charge in [0, 0.05) is 6.07 Å². The Bertz CT molecular complexity index is 424. The van der Waals surface area contributed by atoms with Crippen LogP contribution >= 0.6 is 0 Å². The third-order valence-corrected chi connectivity index (χ3v) is 3.11. The highest BCUT2D eigenvalue weighted by Gasteiger charge is 2.22. The molecule has 1 aromatic rings. The second-order valence-corrected chi connectivity index (χ2v) is 5.59. The summed E-state index contributed by atoms with van der Waals surface area (Å²) < 4.78 is 26.8. The second-order valence-electron chi connectivity index (χ2n) is 5.59. The number of rotatable bonds is 3. The van der Waals surface area contributed by atoms with Crippen LogP contribution in [0.3, 0.4) is 0 Å². The van der Waals surface area contributed by atoms with Crippen molar-refractivity contribution in [3.63, 3.8) is 0 Å². The first-order valence-electron chi connectivity index (χ1n) is 6.48. The number of hydrogen-bond acceptors (Lipinski definition) is 0. The quantitative estimate of drug-likeness (QED) is 0.658. The molecular weight excluding hydrogens is 230 g/mol. The molecule has 18 heavy (non-hydrogen) atoms. The number of benzene rings is 1. The Morgan fingerprint density at radius 3 is 1.72 bits per heavy atom. The number of allylic oxidation sites excluding steroid dienone is 2. The molecule has 0 nitrogen and oxygen atoms in total. The fourth-order valence-electron chi connectivity index (χ4n) is 2.47. The zero-order valence-electron chi connectivity index (χ0n) is 11.9. The minimum Gasteiger partial charge on any atom is -0.207 e. The molecular formula is C16H22F2. The van der Waals surface area contributed by atoms with E-state index in [0.29, 0.717) is 5.56 Å². The zero-order valence-corrected chi connectivity index (χ0v) is 11.9. The molecule has 0 amide bonds. The van der Waals surface area contributed by atoms with E-state index in [1.807, 2.05) is 0 Å². The van der Waals surface area contributed by atoms with Crippen LogP contribution in [0, 0.1) is 17.0 Å². The topological polar surface area (TPSA) is 0 Å². The van der Waals surface area contributed by atoms with Crippen molar-refractivity contribution in [1.82, 2.24) is 0 Å². The van der Waals surface area contributed by atoms with Crippen LogP contribution in [0.25, 0.3) is 5.57 Å². The summed E-state index contributed by atoms with van der Waals surface area (Å²) in [4.78, 5) is 0. The van der Waals surface area contributed by atoms with Gasteiger partial charge >= 0.3 is 0 Å². The lowest BCUT2D eigenvalue weighted by molar-refractivity contribution is 0.553. The van der Waals surface area contributed by atoms with Crippen LogP contribution in [0.1, 0.15) is 53.0 Å². The van der Waals surface area contributed by atoms with Gasteiger partial charge in [-0.05, 0) is 41.5 Å². The third kappa shape index (κ3) is 3.41. The van der Waals surface area contributed by atoms with Crippen molar-refractivity contribution < 1.29 is 8.78 Å². The van der Waals surface area contributed by atoms with Crippen LogP contribution in [-0.4, -0.2) is 0 Å². The van der Waals surface area contributed by atoms with Gasteiger partial charge in [-0.15, -0.1) is 0 Å². The summed E-state index contributed by atoms with van der Waals surface area (Å²) in [6.45, 7) is 10.4. The Kier molecular flexibility index (Phi) is 4.66. The van der Waals surface area contributed by atoms with Gasteiger partial charge in [-0.25, -0.2) is 8.78 Å². The van der Waals surface area contributed by atoms with Crippen LogP contribution < -0.4 is 0 Å². The highest BCUT2D eigenvalue weighted by molar-refractivity contribution is 5.72. The van der Waals surface area contributed by atoms with E-state index in [9.17, 15) is 8.78 Å². The molecule has 100 valence electrons. The number of hydrogen-bond donors (Lipinski definition) is 0. The van der Waals surface area contributed by atoms with Crippen molar-refractivity contribution in [2.75, 3.05) is 0 Å². The minimum atomic E-state index is -0.515. The van der Waals surface area contributed by atoms with E-state index in [-0.39, 0.29) is 5.41 Å². The predicted molar refractivity (Wildman–Crippen MR) is 73.3 cm³/mol. The molecule has 0 bridgehead atoms. The normalized spacial score (nSPS) is 11.5. The lowest BCUT2D eigenvalue weighted by atomic mass is 9.78. The van der Waals surface area contributed by atoms with E-state index in [1.54, 1.807) is 0 Å². The van der Waals surface area contributed by atoms with Gasteiger partial charge in [0.05, 0.1) is 0 Å². The fraction of sp³-hybridized carbons (Fsp3) is 0.500. The summed E-state index contributed by atoms with van der Waals surface area (Å²) >= 11 is 0. The van der Waals surface area contributed by atoms with Crippen molar-refractivity contribution >= 4 is 5.57 Å². The SMILES string of the molecule is CCC(CC)=C(c1cc(F)cc(F)c1)C(C)(C)C. The molecule has 0 saturated carbocycles. The van der Waals surface area contributed by atoms with E-state index >= 15 is 0 Å². The van der Waals surface area contributed by atoms with Crippen LogP contribution in [-0.2, 0) is 0 Å². The number of halogens is 2. The summed E-state index contributed by atoms with van der Waals surface area (Å²) in [6.07, 6.45) is 1.81. The van der Waals surface area contributed by atoms with Crippen molar-refractivity contribution in [3.05, 3.63) is 41.0 Å². The molecule has 0 unspecified atom stereocenters. The molecule has 1 rings (SSSR count). The van der Waals surface area contributed by atoms with Gasteiger partial charge < -0.3 is 0 Å². The van der Waals surface area contributed by atoms with Crippen molar-refractivity contribution in [2.45, 2.75) is 47.5 Å². The standard InChI is InChI=1S/C16H22F2/c1-6-11(7-2)15(16(3,4)5)12-8-13(17)10-14(18)9-12/h8-10H,6-7H2,1-5H3. The van der Waals surface area contributed by atoms with Gasteiger partial charge in [0.15, 0.2) is 0 Å². The highest BCUT2D eigenvalue weighted by atomic mass is 19.1. The molecule has 0 aliphatic rings. The van der Waals surface area contributed by atoms with Gasteiger partial charge in [0.25, 0.3) is 0 Å². The van der Waals surface area contributed by atoms with Gasteiger partial charge in [-0.1, -0.05) is 40.2 Å². The van der Waals surface area contributed by atoms with Crippen molar-refractivity contribution in [1.29, 1.82) is 0 Å². The van der Waals surface area contributed by atoms with E-state index < -0.39 is 11.6 Å². The average molecular weight is 252 g/mol. The molecule has 1 aromatic carbocycles. The molecule has 0 aliphatic carbocycles. The van der Waals surface area contributed by atoms with Crippen molar-refractivity contribution in [3.8, 4) is 0 Å². The largest absolute Gasteiger partial charge is 0.207 e. The first-order chi connectivity index (χ1) is 8.29. The molecule has 0 aliphatic heterocycles. The Labute approximate surface area is 109 Å². The van der Waals surface area contributed by atoms with Gasteiger partial charge in [-0.3, -0.25) is 0 Å². The average Bonchev–Trinajstić information content (AvgIpc) is 2.22. The molecule has 0 heterocycles. The Balaban J connectivity index is 3.49. The lowest BCUT2D eigenvalue weighted by Crippen LogP contribution is -2.11. The first kappa shape index (κ1) is 14.9. The molecule has 0 atom stereocenters. The van der Waals surface area contributed by atoms with Crippen LogP contribution in [0.2, 0.25) is 0 Å². The summed E-state index contributed by atoms with van der Waals surface area (Å²) in [5.41, 5.74) is 2.86. The van der Waals surface area contributed by atoms with Gasteiger partial charge in [0.1, 0.15) is 11.6 Å². The predicted octanol–water partition coefficient (Wildman–Crippen LogP) is 5.58. The minimum absolute atomic E-state index is 0.123. The third-order valence-electron chi connectivity index (χ3n) is 3.11. The molecule has 0 aromatic heterocycles. The molecule has 2 heteroatoms. The van der Waals surface area contributed by atoms with Crippen LogP contribution in [0.4, 0.5) is 8.78 Å². The molecule has 0 fully saturated rings. The smallest absolute Gasteiger partial charge is 0.126 e. The van der Waals surface area contributed by atoms with E-state index in [2.05, 4.69) is 34.6 Å². The monoisotopic (exact) mass is 252 g/mol. The summed E-state index contributed by atoms with van der Waals surface area (Å²) in [5, 5.41) is 0. The highest BCUT2D eigenvalue weighted by Crippen LogP contribution is 2.39. The zero-order chi connectivity index (χ0) is 13.9.